The van der Waals surface area contributed by atoms with Gasteiger partial charge >= 0.3 is 32.4 Å². The van der Waals surface area contributed by atoms with Crippen LogP contribution in [-0.4, -0.2) is 38.2 Å². The number of imidazole rings is 2. The number of fused-ring (bicyclic) bond motifs is 2. The molecule has 0 N–H and O–H groups in total. The summed E-state index contributed by atoms with van der Waals surface area (Å²) in [6.45, 7) is 0. The molecule has 4 rings (SSSR count). The molecule has 0 saturated heterocycles. The van der Waals surface area contributed by atoms with Crippen LogP contribution in [0.2, 0.25) is 0 Å². The Bertz CT molecular complexity index is 1070. The maximum Gasteiger partial charge on any atom is 2.00 e. The van der Waals surface area contributed by atoms with Crippen LogP contribution in [0.1, 0.15) is 0 Å². The Morgan fingerprint density at radius 2 is 1.00 bits per heavy atom. The molecule has 0 aromatic heterocycles. The second-order valence-corrected chi connectivity index (χ2v) is 5.50. The van der Waals surface area contributed by atoms with Crippen molar-refractivity contribution in [2.45, 2.75) is 0 Å². The first kappa shape index (κ1) is 20.3. The van der Waals surface area contributed by atoms with E-state index in [0.717, 1.165) is 9.13 Å². The van der Waals surface area contributed by atoms with E-state index in [1.807, 2.05) is 0 Å². The van der Waals surface area contributed by atoms with Gasteiger partial charge in [0.1, 0.15) is 24.0 Å². The van der Waals surface area contributed by atoms with E-state index < -0.39 is 23.1 Å². The summed E-state index contributed by atoms with van der Waals surface area (Å²) in [7, 11) is 5.94. The summed E-state index contributed by atoms with van der Waals surface area (Å²) in [6.07, 6.45) is 2.54. The summed E-state index contributed by atoms with van der Waals surface area (Å²) in [5.41, 5.74) is -0.329. The molecule has 0 aromatic rings. The van der Waals surface area contributed by atoms with E-state index in [9.17, 15) is 19.8 Å². The largest absolute Gasteiger partial charge is 2.00 e. The number of aromatic nitrogens is 8. The monoisotopic (exact) mass is 553 g/mol. The first-order chi connectivity index (χ1) is 12.3. The topological polar surface area (TPSA) is 152 Å². The third-order valence-electron chi connectivity index (χ3n) is 3.95. The smallest absolute Gasteiger partial charge is 0.858 e. The van der Waals surface area contributed by atoms with Crippen molar-refractivity contribution in [1.82, 2.24) is 38.2 Å². The third kappa shape index (κ3) is 3.12. The number of hydrogen-bond donors (Lipinski definition) is 0. The van der Waals surface area contributed by atoms with Crippen LogP contribution in [0.15, 0.2) is 22.2 Å². The second-order valence-electron chi connectivity index (χ2n) is 5.50. The van der Waals surface area contributed by atoms with E-state index in [2.05, 4.69) is 19.9 Å². The molecule has 0 saturated carbocycles. The summed E-state index contributed by atoms with van der Waals surface area (Å²) in [6, 6.07) is 0. The fraction of sp³-hybridized carbons (Fsp3) is 0.286. The maximum absolute atomic E-state index is 11.4. The van der Waals surface area contributed by atoms with Gasteiger partial charge in [-0.2, -0.15) is 0 Å². The van der Waals surface area contributed by atoms with E-state index in [4.69, 9.17) is 0 Å². The van der Waals surface area contributed by atoms with Gasteiger partial charge in [-0.3, -0.25) is 9.13 Å². The molecule has 0 fully saturated rings. The fourth-order valence-corrected chi connectivity index (χ4v) is 2.44. The molecule has 4 aliphatic heterocycles. The van der Waals surface area contributed by atoms with Crippen molar-refractivity contribution in [2.24, 2.45) is 28.2 Å². The quantitative estimate of drug-likeness (QED) is 0.230. The Morgan fingerprint density at radius 3 is 1.33 bits per heavy atom. The van der Waals surface area contributed by atoms with Crippen molar-refractivity contribution in [3.8, 4) is 34.8 Å². The van der Waals surface area contributed by atoms with Crippen LogP contribution in [0.4, 0.5) is 0 Å². The van der Waals surface area contributed by atoms with Crippen molar-refractivity contribution >= 4 is 0 Å². The van der Waals surface area contributed by atoms with Crippen LogP contribution in [0.5, 0.6) is 11.8 Å². The molecule has 0 atom stereocenters. The van der Waals surface area contributed by atoms with Crippen LogP contribution in [0.25, 0.3) is 23.0 Å². The van der Waals surface area contributed by atoms with Crippen LogP contribution in [-0.2, 0) is 49.3 Å². The fourth-order valence-electron chi connectivity index (χ4n) is 2.44. The Morgan fingerprint density at radius 1 is 0.667 bits per heavy atom. The van der Waals surface area contributed by atoms with E-state index in [-0.39, 0.29) is 32.5 Å². The molecule has 0 spiro atoms. The Balaban J connectivity index is 0.000000187. The van der Waals surface area contributed by atoms with Crippen LogP contribution >= 0.6 is 0 Å². The zero-order valence-corrected chi connectivity index (χ0v) is 17.0. The zero-order chi connectivity index (χ0) is 19.2. The minimum Gasteiger partial charge on any atom is -0.858 e. The third-order valence-corrected chi connectivity index (χ3v) is 3.95. The van der Waals surface area contributed by atoms with Crippen LogP contribution in [0, 0.1) is 0 Å². The summed E-state index contributed by atoms with van der Waals surface area (Å²) in [4.78, 5) is 37.9. The molecule has 13 heteroatoms. The van der Waals surface area contributed by atoms with E-state index >= 15 is 0 Å². The minimum absolute atomic E-state index is 0. The molecular formula is C14H14N8O4Pt. The maximum atomic E-state index is 11.4. The van der Waals surface area contributed by atoms with Gasteiger partial charge in [0.05, 0.1) is 0 Å². The first-order valence-electron chi connectivity index (χ1n) is 7.32. The van der Waals surface area contributed by atoms with E-state index in [0.29, 0.717) is 11.6 Å². The van der Waals surface area contributed by atoms with E-state index in [1.165, 1.54) is 35.9 Å². The van der Waals surface area contributed by atoms with Crippen molar-refractivity contribution in [2.75, 3.05) is 0 Å². The molecule has 12 nitrogen and oxygen atoms in total. The van der Waals surface area contributed by atoms with Gasteiger partial charge in [-0.1, -0.05) is 0 Å². The van der Waals surface area contributed by atoms with Gasteiger partial charge in [0.2, 0.25) is 0 Å². The molecule has 0 aliphatic carbocycles. The normalized spacial score (nSPS) is 10.5. The predicted octanol–water partition coefficient (Wildman–Crippen LogP) is -2.62. The molecule has 0 aromatic carbocycles. The molecule has 0 unspecified atom stereocenters. The van der Waals surface area contributed by atoms with Gasteiger partial charge in [-0.05, 0) is 11.8 Å². The van der Waals surface area contributed by atoms with Crippen molar-refractivity contribution < 1.29 is 31.3 Å². The summed E-state index contributed by atoms with van der Waals surface area (Å²) in [5, 5.41) is 22.8. The molecule has 4 heterocycles. The van der Waals surface area contributed by atoms with Crippen molar-refractivity contribution in [1.29, 1.82) is 0 Å². The number of hydrogen-bond acceptors (Lipinski definition) is 8. The Labute approximate surface area is 166 Å². The molecule has 4 aliphatic rings. The van der Waals surface area contributed by atoms with Gasteiger partial charge in [-0.15, -0.1) is 0 Å². The molecule has 0 bridgehead atoms. The average Bonchev–Trinajstić information content (AvgIpc) is 3.31. The molecule has 27 heavy (non-hydrogen) atoms. The standard InChI is InChI=1S/2C7H8N4O2.Pt/c2*1-10-5-4(8-3-9-5)6(12)11(2)7(10)13;/h2*3,12H,1-2H3;/q;;+2/p-2. The number of rotatable bonds is 0. The molecule has 0 amide bonds. The minimum atomic E-state index is -0.407. The summed E-state index contributed by atoms with van der Waals surface area (Å²) >= 11 is 0. The van der Waals surface area contributed by atoms with Gasteiger partial charge in [0, 0.05) is 28.2 Å². The SMILES string of the molecule is Cn1c2ncnc-2c([O-])n(C)c1=O.Cn1c2ncnc-2c([O-])n(C)c1=O.[Pt+2]. The van der Waals surface area contributed by atoms with Gasteiger partial charge in [0.15, 0.2) is 11.6 Å². The predicted molar refractivity (Wildman–Crippen MR) is 84.6 cm³/mol. The zero-order valence-electron chi connectivity index (χ0n) is 14.7. The average molecular weight is 553 g/mol. The Kier molecular flexibility index (Phi) is 5.50. The van der Waals surface area contributed by atoms with Gasteiger partial charge < -0.3 is 19.3 Å². The molecule has 0 radical (unpaired) electrons. The second kappa shape index (κ2) is 7.31. The molecule has 144 valence electrons. The first-order valence-corrected chi connectivity index (χ1v) is 7.32. The summed E-state index contributed by atoms with van der Waals surface area (Å²) in [5.74, 6) is -0.160. The summed E-state index contributed by atoms with van der Waals surface area (Å²) < 4.78 is 4.61. The number of nitrogens with zero attached hydrogens (tertiary/aromatic N) is 8. The molecular weight excluding hydrogens is 539 g/mol. The van der Waals surface area contributed by atoms with E-state index in [1.54, 1.807) is 14.1 Å². The van der Waals surface area contributed by atoms with Gasteiger partial charge in [0.25, 0.3) is 0 Å². The van der Waals surface area contributed by atoms with Crippen LogP contribution in [0.3, 0.4) is 0 Å². The van der Waals surface area contributed by atoms with Crippen LogP contribution < -0.4 is 21.6 Å². The Hall–Kier alpha value is -3.01. The van der Waals surface area contributed by atoms with Crippen molar-refractivity contribution in [3.63, 3.8) is 0 Å². The van der Waals surface area contributed by atoms with Crippen molar-refractivity contribution in [3.05, 3.63) is 33.6 Å². The van der Waals surface area contributed by atoms with Gasteiger partial charge in [-0.25, -0.2) is 29.5 Å².